The van der Waals surface area contributed by atoms with Crippen LogP contribution in [-0.2, 0) is 27.7 Å². The lowest BCUT2D eigenvalue weighted by Gasteiger charge is -2.25. The summed E-state index contributed by atoms with van der Waals surface area (Å²) in [5.41, 5.74) is 4.10. The molecule has 1 amide bonds. The number of sulfonamides is 1. The van der Waals surface area contributed by atoms with Gasteiger partial charge in [-0.25, -0.2) is 8.42 Å². The van der Waals surface area contributed by atoms with E-state index in [-0.39, 0.29) is 18.5 Å². The van der Waals surface area contributed by atoms with Crippen LogP contribution in [0.15, 0.2) is 36.4 Å². The minimum Gasteiger partial charge on any atom is -0.486 e. The van der Waals surface area contributed by atoms with Gasteiger partial charge >= 0.3 is 0 Å². The minimum absolute atomic E-state index is 0.218. The number of nitrogens with one attached hydrogen (secondary N) is 1. The van der Waals surface area contributed by atoms with Gasteiger partial charge in [-0.1, -0.05) is 18.2 Å². The van der Waals surface area contributed by atoms with E-state index < -0.39 is 10.0 Å². The Labute approximate surface area is 177 Å². The highest BCUT2D eigenvalue weighted by atomic mass is 32.2. The van der Waals surface area contributed by atoms with Crippen molar-refractivity contribution in [3.63, 3.8) is 0 Å². The van der Waals surface area contributed by atoms with Gasteiger partial charge in [0.05, 0.1) is 18.0 Å². The molecule has 1 N–H and O–H groups in total. The molecule has 2 aliphatic rings. The third-order valence-corrected chi connectivity index (χ3v) is 6.64. The summed E-state index contributed by atoms with van der Waals surface area (Å²) in [7, 11) is -3.67. The van der Waals surface area contributed by atoms with Crippen LogP contribution in [0.2, 0.25) is 0 Å². The molecule has 7 nitrogen and oxygen atoms in total. The van der Waals surface area contributed by atoms with E-state index in [0.717, 1.165) is 29.0 Å². The lowest BCUT2D eigenvalue weighted by atomic mass is 10.0. The molecule has 1 aliphatic heterocycles. The molecule has 0 bridgehead atoms. The molecule has 1 aliphatic carbocycles. The molecule has 0 unspecified atom stereocenters. The van der Waals surface area contributed by atoms with Gasteiger partial charge in [-0.05, 0) is 55.0 Å². The molecule has 1 atom stereocenters. The van der Waals surface area contributed by atoms with Crippen molar-refractivity contribution in [2.75, 3.05) is 30.3 Å². The average molecular weight is 431 g/mol. The number of anilines is 1. The molecule has 0 spiro atoms. The van der Waals surface area contributed by atoms with Crippen molar-refractivity contribution < 1.29 is 22.7 Å². The van der Waals surface area contributed by atoms with Crippen molar-refractivity contribution in [2.24, 2.45) is 0 Å². The lowest BCUT2D eigenvalue weighted by Crippen LogP contribution is -2.41. The number of rotatable bonds is 6. The van der Waals surface area contributed by atoms with Crippen LogP contribution in [0.5, 0.6) is 11.5 Å². The zero-order valence-corrected chi connectivity index (χ0v) is 18.0. The summed E-state index contributed by atoms with van der Waals surface area (Å²) in [6.07, 6.45) is 4.42. The molecule has 0 saturated carbocycles. The topological polar surface area (TPSA) is 84.9 Å². The number of ether oxygens (including phenoxy) is 2. The molecule has 0 aromatic heterocycles. The maximum atomic E-state index is 12.7. The number of carbonyl (C=O) groups excluding carboxylic acids is 1. The zero-order chi connectivity index (χ0) is 21.3. The van der Waals surface area contributed by atoms with Crippen LogP contribution in [0.4, 0.5) is 5.69 Å². The van der Waals surface area contributed by atoms with Crippen molar-refractivity contribution in [3.8, 4) is 11.5 Å². The molecule has 2 aromatic rings. The fraction of sp³-hybridized carbons (Fsp3) is 0.409. The second kappa shape index (κ2) is 8.18. The van der Waals surface area contributed by atoms with Gasteiger partial charge in [-0.2, -0.15) is 0 Å². The van der Waals surface area contributed by atoms with Crippen LogP contribution in [0.25, 0.3) is 0 Å². The number of carbonyl (C=O) groups is 1. The predicted octanol–water partition coefficient (Wildman–Crippen LogP) is 2.59. The Morgan fingerprint density at radius 3 is 2.57 bits per heavy atom. The Kier molecular flexibility index (Phi) is 5.60. The van der Waals surface area contributed by atoms with E-state index in [9.17, 15) is 13.2 Å². The van der Waals surface area contributed by atoms with Crippen molar-refractivity contribution in [1.29, 1.82) is 0 Å². The quantitative estimate of drug-likeness (QED) is 0.762. The SMILES string of the molecule is C[C@H](NC(=O)CN(c1ccc2c(c1)OCCO2)S(C)(=O)=O)c1ccc2c(c1)CCC2. The number of aryl methyl sites for hydroxylation is 2. The molecule has 8 heteroatoms. The molecular formula is C22H26N2O5S. The number of amides is 1. The lowest BCUT2D eigenvalue weighted by molar-refractivity contribution is -0.120. The van der Waals surface area contributed by atoms with Gasteiger partial charge in [0.15, 0.2) is 11.5 Å². The van der Waals surface area contributed by atoms with E-state index in [4.69, 9.17) is 9.47 Å². The summed E-state index contributed by atoms with van der Waals surface area (Å²) < 4.78 is 36.9. The number of hydrogen-bond acceptors (Lipinski definition) is 5. The standard InChI is InChI=1S/C22H26N2O5S/c1-15(17-7-6-16-4-3-5-18(16)12-17)23-22(25)14-24(30(2,26)27)19-8-9-20-21(13-19)29-11-10-28-20/h6-9,12-13,15H,3-5,10-11,14H2,1-2H3,(H,23,25)/t15-/m0/s1. The molecule has 2 aromatic carbocycles. The van der Waals surface area contributed by atoms with Gasteiger partial charge in [-0.15, -0.1) is 0 Å². The predicted molar refractivity (Wildman–Crippen MR) is 115 cm³/mol. The third-order valence-electron chi connectivity index (χ3n) is 5.50. The van der Waals surface area contributed by atoms with Crippen LogP contribution in [0, 0.1) is 0 Å². The molecule has 160 valence electrons. The summed E-state index contributed by atoms with van der Waals surface area (Å²) in [5.74, 6) is 0.663. The van der Waals surface area contributed by atoms with Gasteiger partial charge < -0.3 is 14.8 Å². The molecular weight excluding hydrogens is 404 g/mol. The van der Waals surface area contributed by atoms with Gasteiger partial charge in [0.1, 0.15) is 19.8 Å². The average Bonchev–Trinajstić information content (AvgIpc) is 3.18. The van der Waals surface area contributed by atoms with Gasteiger partial charge in [0, 0.05) is 6.07 Å². The van der Waals surface area contributed by atoms with Crippen LogP contribution in [-0.4, -0.2) is 40.3 Å². The third kappa shape index (κ3) is 4.38. The summed E-state index contributed by atoms with van der Waals surface area (Å²) >= 11 is 0. The van der Waals surface area contributed by atoms with Crippen LogP contribution >= 0.6 is 0 Å². The molecule has 30 heavy (non-hydrogen) atoms. The second-order valence-electron chi connectivity index (χ2n) is 7.77. The zero-order valence-electron chi connectivity index (χ0n) is 17.2. The Morgan fingerprint density at radius 1 is 1.07 bits per heavy atom. The first-order chi connectivity index (χ1) is 14.3. The fourth-order valence-corrected chi connectivity index (χ4v) is 4.80. The summed E-state index contributed by atoms with van der Waals surface area (Å²) in [6.45, 7) is 2.44. The van der Waals surface area contributed by atoms with Crippen molar-refractivity contribution >= 4 is 21.6 Å². The van der Waals surface area contributed by atoms with Crippen molar-refractivity contribution in [3.05, 3.63) is 53.1 Å². The smallest absolute Gasteiger partial charge is 0.241 e. The maximum Gasteiger partial charge on any atom is 0.241 e. The monoisotopic (exact) mass is 430 g/mol. The Hall–Kier alpha value is -2.74. The molecule has 0 saturated heterocycles. The largest absolute Gasteiger partial charge is 0.486 e. The van der Waals surface area contributed by atoms with Crippen LogP contribution in [0.1, 0.15) is 36.1 Å². The molecule has 0 radical (unpaired) electrons. The first-order valence-electron chi connectivity index (χ1n) is 10.1. The second-order valence-corrected chi connectivity index (χ2v) is 9.68. The van der Waals surface area contributed by atoms with Crippen LogP contribution in [0.3, 0.4) is 0 Å². The minimum atomic E-state index is -3.67. The number of hydrogen-bond donors (Lipinski definition) is 1. The first-order valence-corrected chi connectivity index (χ1v) is 11.9. The highest BCUT2D eigenvalue weighted by Crippen LogP contribution is 2.34. The highest BCUT2D eigenvalue weighted by Gasteiger charge is 2.24. The maximum absolute atomic E-state index is 12.7. The first kappa shape index (κ1) is 20.5. The van der Waals surface area contributed by atoms with E-state index in [1.54, 1.807) is 18.2 Å². The van der Waals surface area contributed by atoms with Gasteiger partial charge in [0.25, 0.3) is 0 Å². The summed E-state index contributed by atoms with van der Waals surface area (Å²) in [5, 5.41) is 2.92. The summed E-state index contributed by atoms with van der Waals surface area (Å²) in [4.78, 5) is 12.7. The number of fused-ring (bicyclic) bond motifs is 2. The number of nitrogens with zero attached hydrogens (tertiary/aromatic N) is 1. The van der Waals surface area contributed by atoms with E-state index in [1.165, 1.54) is 17.5 Å². The van der Waals surface area contributed by atoms with Crippen molar-refractivity contribution in [2.45, 2.75) is 32.2 Å². The van der Waals surface area contributed by atoms with Gasteiger partial charge in [-0.3, -0.25) is 9.10 Å². The van der Waals surface area contributed by atoms with E-state index >= 15 is 0 Å². The van der Waals surface area contributed by atoms with Crippen LogP contribution < -0.4 is 19.1 Å². The van der Waals surface area contributed by atoms with Crippen molar-refractivity contribution in [1.82, 2.24) is 5.32 Å². The molecule has 0 fully saturated rings. The fourth-order valence-electron chi connectivity index (χ4n) is 3.95. The Bertz CT molecular complexity index is 1070. The number of benzene rings is 2. The summed E-state index contributed by atoms with van der Waals surface area (Å²) in [6, 6.07) is 10.9. The molecule has 4 rings (SSSR count). The normalized spacial score (nSPS) is 15.9. The van der Waals surface area contributed by atoms with E-state index in [2.05, 4.69) is 17.4 Å². The Balaban J connectivity index is 1.49. The highest BCUT2D eigenvalue weighted by molar-refractivity contribution is 7.92. The van der Waals surface area contributed by atoms with Gasteiger partial charge in [0.2, 0.25) is 15.9 Å². The van der Waals surface area contributed by atoms with E-state index in [1.807, 2.05) is 13.0 Å². The molecule has 1 heterocycles. The Morgan fingerprint density at radius 2 is 1.80 bits per heavy atom. The van der Waals surface area contributed by atoms with E-state index in [0.29, 0.717) is 30.4 Å².